The molecule has 5 unspecified atom stereocenters. The fraction of sp³-hybridized carbons (Fsp3) is 0.429. The molecule has 2 aromatic rings. The first-order chi connectivity index (χ1) is 13.9. The minimum atomic E-state index is -3.71. The molecule has 5 atom stereocenters. The molecule has 29 heavy (non-hydrogen) atoms. The molecule has 1 aliphatic heterocycles. The van der Waals surface area contributed by atoms with E-state index in [1.54, 1.807) is 31.4 Å². The number of carbonyl (C=O) groups is 1. The number of hydrogen-bond acceptors (Lipinski definition) is 5. The maximum Gasteiger partial charge on any atom is 0.259 e. The van der Waals surface area contributed by atoms with Crippen LogP contribution in [0, 0.1) is 17.8 Å². The summed E-state index contributed by atoms with van der Waals surface area (Å²) in [5.41, 5.74) is 0.388. The summed E-state index contributed by atoms with van der Waals surface area (Å²) < 4.78 is 28.0. The van der Waals surface area contributed by atoms with Crippen LogP contribution >= 0.6 is 0 Å². The molecule has 1 N–H and O–H groups in total. The normalized spacial score (nSPS) is 30.6. The Kier molecular flexibility index (Phi) is 4.27. The number of pyridine rings is 1. The van der Waals surface area contributed by atoms with Crippen molar-refractivity contribution in [3.05, 3.63) is 54.2 Å². The van der Waals surface area contributed by atoms with Crippen molar-refractivity contribution in [2.24, 2.45) is 17.8 Å². The fourth-order valence-corrected chi connectivity index (χ4v) is 7.13. The van der Waals surface area contributed by atoms with Crippen LogP contribution in [-0.2, 0) is 10.0 Å². The van der Waals surface area contributed by atoms with Gasteiger partial charge in [-0.05, 0) is 67.0 Å². The monoisotopic (exact) mass is 413 g/mol. The summed E-state index contributed by atoms with van der Waals surface area (Å²) in [6, 6.07) is 11.0. The molecule has 1 aromatic carbocycles. The van der Waals surface area contributed by atoms with Crippen LogP contribution in [0.2, 0.25) is 0 Å². The number of anilines is 1. The van der Waals surface area contributed by atoms with Gasteiger partial charge >= 0.3 is 0 Å². The van der Waals surface area contributed by atoms with Crippen molar-refractivity contribution in [1.82, 2.24) is 9.29 Å². The number of aromatic nitrogens is 1. The van der Waals surface area contributed by atoms with Crippen molar-refractivity contribution >= 4 is 21.7 Å². The molecule has 0 radical (unpaired) electrons. The minimum absolute atomic E-state index is 0.159. The number of fused-ring (bicyclic) bond motifs is 1. The van der Waals surface area contributed by atoms with Crippen LogP contribution in [0.1, 0.15) is 23.2 Å². The van der Waals surface area contributed by atoms with E-state index < -0.39 is 16.1 Å². The van der Waals surface area contributed by atoms with Gasteiger partial charge in [-0.2, -0.15) is 4.31 Å². The van der Waals surface area contributed by atoms with Crippen LogP contribution < -0.4 is 4.90 Å². The highest BCUT2D eigenvalue weighted by molar-refractivity contribution is 7.89. The number of hydrogen-bond donors (Lipinski definition) is 1. The molecule has 152 valence electrons. The quantitative estimate of drug-likeness (QED) is 0.825. The number of rotatable bonds is 4. The molecule has 0 spiro atoms. The van der Waals surface area contributed by atoms with Gasteiger partial charge in [0.2, 0.25) is 10.0 Å². The highest BCUT2D eigenvalue weighted by Crippen LogP contribution is 2.56. The van der Waals surface area contributed by atoms with Crippen LogP contribution in [-0.4, -0.2) is 54.5 Å². The van der Waals surface area contributed by atoms with E-state index >= 15 is 0 Å². The summed E-state index contributed by atoms with van der Waals surface area (Å²) in [7, 11) is -2.08. The van der Waals surface area contributed by atoms with Crippen LogP contribution in [0.4, 0.5) is 5.82 Å². The second-order valence-electron chi connectivity index (χ2n) is 8.29. The smallest absolute Gasteiger partial charge is 0.259 e. The Balaban J connectivity index is 1.38. The summed E-state index contributed by atoms with van der Waals surface area (Å²) in [6.07, 6.45) is 2.89. The first-order valence-electron chi connectivity index (χ1n) is 9.87. The van der Waals surface area contributed by atoms with Gasteiger partial charge in [0, 0.05) is 25.4 Å². The molecule has 2 bridgehead atoms. The van der Waals surface area contributed by atoms with Gasteiger partial charge in [0.1, 0.15) is 5.82 Å². The first-order valence-corrected chi connectivity index (χ1v) is 11.3. The number of sulfonamides is 1. The molecular weight excluding hydrogens is 390 g/mol. The van der Waals surface area contributed by atoms with Crippen molar-refractivity contribution in [2.75, 3.05) is 18.5 Å². The Hall–Kier alpha value is -2.29. The average molecular weight is 413 g/mol. The summed E-state index contributed by atoms with van der Waals surface area (Å²) in [5.74, 6) is 1.12. The molecule has 3 aliphatic rings. The van der Waals surface area contributed by atoms with Crippen molar-refractivity contribution in [3.63, 3.8) is 0 Å². The fourth-order valence-electron chi connectivity index (χ4n) is 5.39. The average Bonchev–Trinajstić information content (AvgIpc) is 3.37. The highest BCUT2D eigenvalue weighted by Gasteiger charge is 2.61. The molecule has 3 fully saturated rings. The Bertz CT molecular complexity index is 1040. The largest absolute Gasteiger partial charge is 0.391 e. The summed E-state index contributed by atoms with van der Waals surface area (Å²) in [4.78, 5) is 18.4. The number of carbonyl (C=O) groups excluding carboxylic acids is 1. The predicted molar refractivity (Wildman–Crippen MR) is 107 cm³/mol. The van der Waals surface area contributed by atoms with Gasteiger partial charge in [0.15, 0.2) is 0 Å². The van der Waals surface area contributed by atoms with E-state index in [2.05, 4.69) is 4.98 Å². The zero-order valence-electron chi connectivity index (χ0n) is 16.0. The number of amides is 1. The number of aliphatic hydroxyl groups excluding tert-OH is 1. The second-order valence-corrected chi connectivity index (χ2v) is 10.2. The van der Waals surface area contributed by atoms with E-state index in [1.165, 1.54) is 33.5 Å². The number of nitrogens with zero attached hydrogens (tertiary/aromatic N) is 3. The van der Waals surface area contributed by atoms with E-state index in [1.807, 2.05) is 0 Å². The van der Waals surface area contributed by atoms with Gasteiger partial charge in [0.05, 0.1) is 17.0 Å². The van der Waals surface area contributed by atoms with Crippen molar-refractivity contribution in [3.8, 4) is 0 Å². The van der Waals surface area contributed by atoms with Gasteiger partial charge in [-0.25, -0.2) is 13.4 Å². The van der Waals surface area contributed by atoms with Crippen molar-refractivity contribution in [2.45, 2.75) is 29.9 Å². The van der Waals surface area contributed by atoms with Gasteiger partial charge in [-0.1, -0.05) is 6.07 Å². The lowest BCUT2D eigenvalue weighted by molar-refractivity contribution is 0.0731. The maximum absolute atomic E-state index is 13.2. The number of benzene rings is 1. The van der Waals surface area contributed by atoms with E-state index in [4.69, 9.17) is 0 Å². The predicted octanol–water partition coefficient (Wildman–Crippen LogP) is 1.75. The van der Waals surface area contributed by atoms with Crippen molar-refractivity contribution in [1.29, 1.82) is 0 Å². The first kappa shape index (κ1) is 18.7. The van der Waals surface area contributed by atoms with Crippen LogP contribution in [0.25, 0.3) is 0 Å². The molecule has 2 saturated carbocycles. The third-order valence-electron chi connectivity index (χ3n) is 6.81. The molecule has 1 amide bonds. The lowest BCUT2D eigenvalue weighted by Crippen LogP contribution is -2.43. The molecule has 1 saturated heterocycles. The van der Waals surface area contributed by atoms with E-state index in [0.717, 1.165) is 12.8 Å². The molecule has 8 heteroatoms. The maximum atomic E-state index is 13.2. The molecule has 1 aromatic heterocycles. The van der Waals surface area contributed by atoms with E-state index in [-0.39, 0.29) is 28.7 Å². The van der Waals surface area contributed by atoms with Gasteiger partial charge < -0.3 is 5.11 Å². The second kappa shape index (κ2) is 6.62. The topological polar surface area (TPSA) is 90.8 Å². The SMILES string of the molecule is CN(C(=O)c1ccc(S(=O)(=O)N2CC3CC4CC3C2C4O)cc1)c1ccccn1. The standard InChI is InChI=1S/C21H23N3O4S/c1-23(18-4-2-3-9-22-18)21(26)13-5-7-16(8-6-13)29(27,28)24-12-15-10-14-11-17(15)19(24)20(14)25/h2-9,14-15,17,19-20,25H,10-12H2,1H3. The molecule has 2 aliphatic carbocycles. The molecule has 2 heterocycles. The Labute approximate surface area is 170 Å². The molecular formula is C21H23N3O4S. The van der Waals surface area contributed by atoms with Crippen LogP contribution in [0.3, 0.4) is 0 Å². The third-order valence-corrected chi connectivity index (χ3v) is 8.69. The van der Waals surface area contributed by atoms with Crippen molar-refractivity contribution < 1.29 is 18.3 Å². The highest BCUT2D eigenvalue weighted by atomic mass is 32.2. The Morgan fingerprint density at radius 3 is 2.55 bits per heavy atom. The summed E-state index contributed by atoms with van der Waals surface area (Å²) >= 11 is 0. The lowest BCUT2D eigenvalue weighted by Gasteiger charge is -2.28. The van der Waals surface area contributed by atoms with E-state index in [0.29, 0.717) is 23.8 Å². The van der Waals surface area contributed by atoms with Crippen LogP contribution in [0.15, 0.2) is 53.6 Å². The molecule has 7 nitrogen and oxygen atoms in total. The minimum Gasteiger partial charge on any atom is -0.391 e. The lowest BCUT2D eigenvalue weighted by atomic mass is 9.88. The van der Waals surface area contributed by atoms with E-state index in [9.17, 15) is 18.3 Å². The van der Waals surface area contributed by atoms with Gasteiger partial charge in [0.25, 0.3) is 5.91 Å². The number of aliphatic hydroxyl groups is 1. The van der Waals surface area contributed by atoms with Gasteiger partial charge in [-0.15, -0.1) is 0 Å². The Morgan fingerprint density at radius 2 is 1.90 bits per heavy atom. The molecule has 5 rings (SSSR count). The zero-order valence-corrected chi connectivity index (χ0v) is 16.9. The van der Waals surface area contributed by atoms with Crippen LogP contribution in [0.5, 0.6) is 0 Å². The van der Waals surface area contributed by atoms with Gasteiger partial charge in [-0.3, -0.25) is 9.69 Å². The summed E-state index contributed by atoms with van der Waals surface area (Å²) in [6.45, 7) is 0.480. The third kappa shape index (κ3) is 2.81. The summed E-state index contributed by atoms with van der Waals surface area (Å²) in [5, 5.41) is 10.5. The zero-order chi connectivity index (χ0) is 20.3. The Morgan fingerprint density at radius 1 is 1.14 bits per heavy atom.